The smallest absolute Gasteiger partial charge is 0.240 e. The van der Waals surface area contributed by atoms with Crippen LogP contribution in [0.4, 0.5) is 5.82 Å². The Kier molecular flexibility index (Phi) is 6.92. The van der Waals surface area contributed by atoms with Crippen molar-refractivity contribution in [3.8, 4) is 11.4 Å². The summed E-state index contributed by atoms with van der Waals surface area (Å²) in [6, 6.07) is 15.2. The fourth-order valence-electron chi connectivity index (χ4n) is 3.85. The molecule has 1 aliphatic rings. The lowest BCUT2D eigenvalue weighted by Crippen LogP contribution is -2.40. The van der Waals surface area contributed by atoms with Gasteiger partial charge in [-0.05, 0) is 30.5 Å². The van der Waals surface area contributed by atoms with E-state index in [1.54, 1.807) is 17.3 Å². The molecule has 2 aromatic heterocycles. The van der Waals surface area contributed by atoms with Crippen LogP contribution in [0.15, 0.2) is 60.9 Å². The second kappa shape index (κ2) is 10.2. The first-order valence-corrected chi connectivity index (χ1v) is 11.1. The highest BCUT2D eigenvalue weighted by Crippen LogP contribution is 2.24. The number of benzene rings is 1. The standard InChI is InChI=1S/C25H28N6O2/c1-30(2)22-15-21(28-25(29-22)19-10-6-12-26-16-19)20(14-18-8-4-3-5-9-18)27-23(32)17-31-13-7-11-24(31)33/h3-6,8-10,12,15-16,20H,7,11,13-14,17H2,1-2H3,(H,27,32)/t20-/m0/s1. The van der Waals surface area contributed by atoms with Crippen LogP contribution in [0.2, 0.25) is 0 Å². The molecule has 33 heavy (non-hydrogen) atoms. The van der Waals surface area contributed by atoms with Gasteiger partial charge in [0.05, 0.1) is 18.3 Å². The Balaban J connectivity index is 1.67. The van der Waals surface area contributed by atoms with Crippen LogP contribution >= 0.6 is 0 Å². The van der Waals surface area contributed by atoms with Gasteiger partial charge in [0, 0.05) is 51.1 Å². The molecule has 0 bridgehead atoms. The number of hydrogen-bond donors (Lipinski definition) is 1. The van der Waals surface area contributed by atoms with E-state index in [0.29, 0.717) is 30.9 Å². The van der Waals surface area contributed by atoms with Gasteiger partial charge in [0.25, 0.3) is 0 Å². The molecule has 1 N–H and O–H groups in total. The largest absolute Gasteiger partial charge is 0.363 e. The molecular formula is C25H28N6O2. The minimum Gasteiger partial charge on any atom is -0.363 e. The first kappa shape index (κ1) is 22.4. The van der Waals surface area contributed by atoms with Crippen LogP contribution in [0.5, 0.6) is 0 Å². The second-order valence-corrected chi connectivity index (χ2v) is 8.34. The number of likely N-dealkylation sites (tertiary alicyclic amines) is 1. The maximum Gasteiger partial charge on any atom is 0.240 e. The van der Waals surface area contributed by atoms with Gasteiger partial charge in [-0.25, -0.2) is 9.97 Å². The van der Waals surface area contributed by atoms with Crippen molar-refractivity contribution in [1.82, 2.24) is 25.2 Å². The van der Waals surface area contributed by atoms with E-state index in [1.807, 2.05) is 67.5 Å². The first-order valence-electron chi connectivity index (χ1n) is 11.1. The number of nitrogens with one attached hydrogen (secondary N) is 1. The third kappa shape index (κ3) is 5.71. The zero-order valence-corrected chi connectivity index (χ0v) is 18.9. The van der Waals surface area contributed by atoms with Gasteiger partial charge in [-0.15, -0.1) is 0 Å². The highest BCUT2D eigenvalue weighted by atomic mass is 16.2. The Bertz CT molecular complexity index is 1100. The molecule has 3 heterocycles. The predicted molar refractivity (Wildman–Crippen MR) is 126 cm³/mol. The minimum absolute atomic E-state index is 0.0283. The van der Waals surface area contributed by atoms with Crippen LogP contribution in [0.1, 0.15) is 30.1 Å². The van der Waals surface area contributed by atoms with E-state index in [4.69, 9.17) is 4.98 Å². The molecule has 0 spiro atoms. The first-order chi connectivity index (χ1) is 16.0. The molecule has 1 aliphatic heterocycles. The number of carbonyl (C=O) groups excluding carboxylic acids is 2. The summed E-state index contributed by atoms with van der Waals surface area (Å²) >= 11 is 0. The molecule has 1 aromatic carbocycles. The molecule has 1 atom stereocenters. The van der Waals surface area contributed by atoms with Gasteiger partial charge < -0.3 is 15.1 Å². The molecule has 0 aliphatic carbocycles. The number of hydrogen-bond acceptors (Lipinski definition) is 6. The van der Waals surface area contributed by atoms with E-state index in [-0.39, 0.29) is 24.4 Å². The van der Waals surface area contributed by atoms with Crippen molar-refractivity contribution in [2.75, 3.05) is 32.1 Å². The monoisotopic (exact) mass is 444 g/mol. The highest BCUT2D eigenvalue weighted by Gasteiger charge is 2.25. The van der Waals surface area contributed by atoms with Gasteiger partial charge in [0.15, 0.2) is 5.82 Å². The number of aromatic nitrogens is 3. The lowest BCUT2D eigenvalue weighted by molar-refractivity contribution is -0.133. The van der Waals surface area contributed by atoms with Crippen LogP contribution in [-0.2, 0) is 16.0 Å². The Labute approximate surface area is 193 Å². The van der Waals surface area contributed by atoms with Crippen LogP contribution in [0.3, 0.4) is 0 Å². The number of nitrogens with zero attached hydrogens (tertiary/aromatic N) is 5. The Morgan fingerprint density at radius 1 is 1.15 bits per heavy atom. The predicted octanol–water partition coefficient (Wildman–Crippen LogP) is 2.63. The molecule has 4 rings (SSSR count). The molecule has 8 heteroatoms. The number of pyridine rings is 1. The van der Waals surface area contributed by atoms with Crippen LogP contribution in [0, 0.1) is 0 Å². The molecule has 0 unspecified atom stereocenters. The summed E-state index contributed by atoms with van der Waals surface area (Å²) < 4.78 is 0. The minimum atomic E-state index is -0.380. The van der Waals surface area contributed by atoms with E-state index in [2.05, 4.69) is 15.3 Å². The summed E-state index contributed by atoms with van der Waals surface area (Å²) in [5.74, 6) is 1.12. The summed E-state index contributed by atoms with van der Waals surface area (Å²) in [6.45, 7) is 0.685. The number of carbonyl (C=O) groups is 2. The van der Waals surface area contributed by atoms with Gasteiger partial charge in [-0.3, -0.25) is 14.6 Å². The van der Waals surface area contributed by atoms with Crippen molar-refractivity contribution in [2.45, 2.75) is 25.3 Å². The van der Waals surface area contributed by atoms with Crippen molar-refractivity contribution in [1.29, 1.82) is 0 Å². The second-order valence-electron chi connectivity index (χ2n) is 8.34. The van der Waals surface area contributed by atoms with Crippen molar-refractivity contribution in [3.63, 3.8) is 0 Å². The summed E-state index contributed by atoms with van der Waals surface area (Å²) in [5, 5.41) is 3.12. The number of rotatable bonds is 8. The Morgan fingerprint density at radius 3 is 2.64 bits per heavy atom. The molecule has 0 radical (unpaired) electrons. The molecule has 3 aromatic rings. The topological polar surface area (TPSA) is 91.3 Å². The molecule has 2 amide bonds. The zero-order chi connectivity index (χ0) is 23.2. The average Bonchev–Trinajstić information content (AvgIpc) is 3.23. The quantitative estimate of drug-likeness (QED) is 0.574. The lowest BCUT2D eigenvalue weighted by Gasteiger charge is -2.23. The average molecular weight is 445 g/mol. The van der Waals surface area contributed by atoms with E-state index in [9.17, 15) is 9.59 Å². The summed E-state index contributed by atoms with van der Waals surface area (Å²) in [7, 11) is 3.84. The Morgan fingerprint density at radius 2 is 1.97 bits per heavy atom. The van der Waals surface area contributed by atoms with Gasteiger partial charge >= 0.3 is 0 Å². The number of anilines is 1. The van der Waals surface area contributed by atoms with Gasteiger partial charge in [-0.1, -0.05) is 30.3 Å². The number of amides is 2. The SMILES string of the molecule is CN(C)c1cc([C@H](Cc2ccccc2)NC(=O)CN2CCCC2=O)nc(-c2cccnc2)n1. The van der Waals surface area contributed by atoms with E-state index in [1.165, 1.54) is 0 Å². The third-order valence-electron chi connectivity index (χ3n) is 5.59. The molecule has 1 fully saturated rings. The molecular weight excluding hydrogens is 416 g/mol. The van der Waals surface area contributed by atoms with Crippen molar-refractivity contribution >= 4 is 17.6 Å². The fourth-order valence-corrected chi connectivity index (χ4v) is 3.85. The molecule has 8 nitrogen and oxygen atoms in total. The summed E-state index contributed by atoms with van der Waals surface area (Å²) in [4.78, 5) is 42.1. The van der Waals surface area contributed by atoms with Crippen LogP contribution < -0.4 is 10.2 Å². The van der Waals surface area contributed by atoms with Crippen molar-refractivity contribution < 1.29 is 9.59 Å². The van der Waals surface area contributed by atoms with Crippen LogP contribution in [-0.4, -0.2) is 58.9 Å². The van der Waals surface area contributed by atoms with E-state index in [0.717, 1.165) is 23.4 Å². The highest BCUT2D eigenvalue weighted by molar-refractivity contribution is 5.86. The maximum atomic E-state index is 12.9. The molecule has 0 saturated carbocycles. The third-order valence-corrected chi connectivity index (χ3v) is 5.59. The lowest BCUT2D eigenvalue weighted by atomic mass is 10.0. The van der Waals surface area contributed by atoms with Gasteiger partial charge in [-0.2, -0.15) is 0 Å². The zero-order valence-electron chi connectivity index (χ0n) is 18.9. The molecule has 170 valence electrons. The maximum absolute atomic E-state index is 12.9. The van der Waals surface area contributed by atoms with Gasteiger partial charge in [0.1, 0.15) is 5.82 Å². The summed E-state index contributed by atoms with van der Waals surface area (Å²) in [6.07, 6.45) is 5.30. The summed E-state index contributed by atoms with van der Waals surface area (Å²) in [5.41, 5.74) is 2.58. The van der Waals surface area contributed by atoms with E-state index < -0.39 is 0 Å². The fraction of sp³-hybridized carbons (Fsp3) is 0.320. The van der Waals surface area contributed by atoms with Gasteiger partial charge in [0.2, 0.25) is 11.8 Å². The van der Waals surface area contributed by atoms with Crippen molar-refractivity contribution in [3.05, 3.63) is 72.2 Å². The van der Waals surface area contributed by atoms with E-state index >= 15 is 0 Å². The molecule has 1 saturated heterocycles. The Hall–Kier alpha value is -3.81. The van der Waals surface area contributed by atoms with Crippen LogP contribution in [0.25, 0.3) is 11.4 Å². The van der Waals surface area contributed by atoms with Crippen molar-refractivity contribution in [2.24, 2.45) is 0 Å². The normalized spacial score (nSPS) is 14.2.